The fraction of sp³-hybridized carbons (Fsp3) is 1.00. The summed E-state index contributed by atoms with van der Waals surface area (Å²) in [6, 6.07) is 0.448. The number of nitrogens with two attached hydrogens (primary N) is 1. The summed E-state index contributed by atoms with van der Waals surface area (Å²) in [7, 11) is 0. The van der Waals surface area contributed by atoms with Gasteiger partial charge in [-0.3, -0.25) is 0 Å². The van der Waals surface area contributed by atoms with E-state index in [0.717, 1.165) is 12.3 Å². The van der Waals surface area contributed by atoms with Crippen molar-refractivity contribution in [2.24, 2.45) is 11.7 Å². The summed E-state index contributed by atoms with van der Waals surface area (Å²) in [4.78, 5) is 0. The molecule has 1 unspecified atom stereocenters. The number of hydrogen-bond donors (Lipinski definition) is 2. The Morgan fingerprint density at radius 1 is 1.40 bits per heavy atom. The van der Waals surface area contributed by atoms with E-state index in [2.05, 4.69) is 0 Å². The van der Waals surface area contributed by atoms with Crippen LogP contribution in [0.5, 0.6) is 0 Å². The van der Waals surface area contributed by atoms with Gasteiger partial charge in [0.15, 0.2) is 0 Å². The molecule has 0 aromatic rings. The molecular weight excluding hydrogens is 126 g/mol. The van der Waals surface area contributed by atoms with Crippen LogP contribution in [0, 0.1) is 5.92 Å². The first kappa shape index (κ1) is 8.02. The second kappa shape index (κ2) is 3.94. The maximum Gasteiger partial charge on any atom is 0.0431 e. The zero-order valence-electron chi connectivity index (χ0n) is 6.42. The maximum atomic E-state index is 8.56. The van der Waals surface area contributed by atoms with Crippen LogP contribution in [0.1, 0.15) is 32.1 Å². The van der Waals surface area contributed by atoms with Gasteiger partial charge in [0.05, 0.1) is 0 Å². The number of aliphatic hydroxyl groups is 1. The van der Waals surface area contributed by atoms with Crippen molar-refractivity contribution in [3.05, 3.63) is 0 Å². The molecule has 0 aromatic carbocycles. The van der Waals surface area contributed by atoms with Gasteiger partial charge in [0.2, 0.25) is 0 Å². The third kappa shape index (κ3) is 2.27. The highest BCUT2D eigenvalue weighted by Gasteiger charge is 2.20. The van der Waals surface area contributed by atoms with Gasteiger partial charge in [-0.15, -0.1) is 0 Å². The summed E-state index contributed by atoms with van der Waals surface area (Å²) in [5.74, 6) is 0.808. The SMILES string of the molecule is NC1CC[C@@H](CCCO)C1. The minimum absolute atomic E-state index is 0.339. The third-order valence-electron chi connectivity index (χ3n) is 2.35. The molecule has 2 atom stereocenters. The molecule has 0 aromatic heterocycles. The molecular formula is C8H17NO. The van der Waals surface area contributed by atoms with E-state index in [-0.39, 0.29) is 0 Å². The van der Waals surface area contributed by atoms with Crippen molar-refractivity contribution < 1.29 is 5.11 Å². The van der Waals surface area contributed by atoms with Crippen molar-refractivity contribution >= 4 is 0 Å². The lowest BCUT2D eigenvalue weighted by Crippen LogP contribution is -2.14. The van der Waals surface area contributed by atoms with Crippen LogP contribution in [-0.2, 0) is 0 Å². The molecule has 2 nitrogen and oxygen atoms in total. The maximum absolute atomic E-state index is 8.56. The molecule has 0 radical (unpaired) electrons. The van der Waals surface area contributed by atoms with Crippen LogP contribution in [0.25, 0.3) is 0 Å². The molecule has 0 bridgehead atoms. The Hall–Kier alpha value is -0.0800. The summed E-state index contributed by atoms with van der Waals surface area (Å²) >= 11 is 0. The molecule has 10 heavy (non-hydrogen) atoms. The average Bonchev–Trinajstić information content (AvgIpc) is 2.31. The minimum atomic E-state index is 0.339. The highest BCUT2D eigenvalue weighted by molar-refractivity contribution is 4.77. The predicted molar refractivity (Wildman–Crippen MR) is 41.6 cm³/mol. The lowest BCUT2D eigenvalue weighted by molar-refractivity contribution is 0.271. The quantitative estimate of drug-likeness (QED) is 0.616. The Morgan fingerprint density at radius 2 is 2.20 bits per heavy atom. The monoisotopic (exact) mass is 143 g/mol. The molecule has 0 heterocycles. The molecule has 60 valence electrons. The second-order valence-electron chi connectivity index (χ2n) is 3.30. The first-order chi connectivity index (χ1) is 4.83. The Morgan fingerprint density at radius 3 is 2.70 bits per heavy atom. The Bertz CT molecular complexity index is 95.3. The van der Waals surface area contributed by atoms with Crippen molar-refractivity contribution in [3.63, 3.8) is 0 Å². The zero-order valence-corrected chi connectivity index (χ0v) is 6.42. The van der Waals surface area contributed by atoms with Gasteiger partial charge < -0.3 is 10.8 Å². The van der Waals surface area contributed by atoms with Crippen LogP contribution < -0.4 is 5.73 Å². The van der Waals surface area contributed by atoms with E-state index in [0.29, 0.717) is 12.6 Å². The van der Waals surface area contributed by atoms with Crippen LogP contribution >= 0.6 is 0 Å². The Balaban J connectivity index is 2.06. The van der Waals surface area contributed by atoms with Crippen LogP contribution in [0.4, 0.5) is 0 Å². The van der Waals surface area contributed by atoms with Gasteiger partial charge in [0.25, 0.3) is 0 Å². The molecule has 1 aliphatic rings. The van der Waals surface area contributed by atoms with E-state index in [9.17, 15) is 0 Å². The zero-order chi connectivity index (χ0) is 7.40. The van der Waals surface area contributed by atoms with Gasteiger partial charge in [0, 0.05) is 12.6 Å². The van der Waals surface area contributed by atoms with Gasteiger partial charge in [-0.05, 0) is 38.0 Å². The van der Waals surface area contributed by atoms with Gasteiger partial charge in [-0.1, -0.05) is 0 Å². The first-order valence-electron chi connectivity index (χ1n) is 4.19. The van der Waals surface area contributed by atoms with Crippen molar-refractivity contribution in [3.8, 4) is 0 Å². The molecule has 0 saturated heterocycles. The van der Waals surface area contributed by atoms with Crippen LogP contribution in [0.3, 0.4) is 0 Å². The molecule has 2 heteroatoms. The largest absolute Gasteiger partial charge is 0.396 e. The van der Waals surface area contributed by atoms with Gasteiger partial charge in [-0.2, -0.15) is 0 Å². The number of hydrogen-bond acceptors (Lipinski definition) is 2. The van der Waals surface area contributed by atoms with Crippen LogP contribution in [-0.4, -0.2) is 17.8 Å². The van der Waals surface area contributed by atoms with E-state index >= 15 is 0 Å². The number of aliphatic hydroxyl groups excluding tert-OH is 1. The summed E-state index contributed by atoms with van der Waals surface area (Å²) < 4.78 is 0. The molecule has 1 aliphatic carbocycles. The first-order valence-corrected chi connectivity index (χ1v) is 4.19. The lowest BCUT2D eigenvalue weighted by atomic mass is 10.0. The smallest absolute Gasteiger partial charge is 0.0431 e. The highest BCUT2D eigenvalue weighted by Crippen LogP contribution is 2.27. The summed E-state index contributed by atoms with van der Waals surface area (Å²) in [6.45, 7) is 0.339. The van der Waals surface area contributed by atoms with Gasteiger partial charge >= 0.3 is 0 Å². The molecule has 1 rings (SSSR count). The van der Waals surface area contributed by atoms with Crippen molar-refractivity contribution in [2.75, 3.05) is 6.61 Å². The normalized spacial score (nSPS) is 33.0. The highest BCUT2D eigenvalue weighted by atomic mass is 16.2. The molecule has 3 N–H and O–H groups in total. The van der Waals surface area contributed by atoms with Gasteiger partial charge in [0.1, 0.15) is 0 Å². The lowest BCUT2D eigenvalue weighted by Gasteiger charge is -2.06. The minimum Gasteiger partial charge on any atom is -0.396 e. The Kier molecular flexibility index (Phi) is 3.16. The van der Waals surface area contributed by atoms with E-state index in [1.165, 1.54) is 25.7 Å². The number of rotatable bonds is 3. The molecule has 0 aliphatic heterocycles. The molecule has 1 fully saturated rings. The summed E-state index contributed by atoms with van der Waals surface area (Å²) in [6.07, 6.45) is 5.78. The summed E-state index contributed by atoms with van der Waals surface area (Å²) in [5.41, 5.74) is 5.73. The predicted octanol–water partition coefficient (Wildman–Crippen LogP) is 0.886. The van der Waals surface area contributed by atoms with E-state index in [1.807, 2.05) is 0 Å². The average molecular weight is 143 g/mol. The summed E-state index contributed by atoms with van der Waals surface area (Å²) in [5, 5.41) is 8.56. The van der Waals surface area contributed by atoms with Crippen molar-refractivity contribution in [1.29, 1.82) is 0 Å². The van der Waals surface area contributed by atoms with Crippen LogP contribution in [0.15, 0.2) is 0 Å². The van der Waals surface area contributed by atoms with Crippen LogP contribution in [0.2, 0.25) is 0 Å². The molecule has 1 saturated carbocycles. The standard InChI is InChI=1S/C8H17NO/c9-8-4-3-7(6-8)2-1-5-10/h7-8,10H,1-6,9H2/t7-,8?/m1/s1. The van der Waals surface area contributed by atoms with Crippen molar-refractivity contribution in [1.82, 2.24) is 0 Å². The van der Waals surface area contributed by atoms with Crippen molar-refractivity contribution in [2.45, 2.75) is 38.1 Å². The fourth-order valence-corrected chi connectivity index (χ4v) is 1.76. The topological polar surface area (TPSA) is 46.2 Å². The Labute approximate surface area is 62.4 Å². The fourth-order valence-electron chi connectivity index (χ4n) is 1.76. The molecule has 0 amide bonds. The third-order valence-corrected chi connectivity index (χ3v) is 2.35. The van der Waals surface area contributed by atoms with E-state index < -0.39 is 0 Å². The van der Waals surface area contributed by atoms with E-state index in [4.69, 9.17) is 10.8 Å². The van der Waals surface area contributed by atoms with E-state index in [1.54, 1.807) is 0 Å². The van der Waals surface area contributed by atoms with Gasteiger partial charge in [-0.25, -0.2) is 0 Å². The molecule has 0 spiro atoms. The second-order valence-corrected chi connectivity index (χ2v) is 3.30.